The van der Waals surface area contributed by atoms with Gasteiger partial charge in [-0.3, -0.25) is 10.2 Å². The first-order chi connectivity index (χ1) is 19.3. The van der Waals surface area contributed by atoms with Crippen LogP contribution in [0.4, 0.5) is 0 Å². The maximum absolute atomic E-state index is 13.0. The van der Waals surface area contributed by atoms with Gasteiger partial charge in [0, 0.05) is 10.9 Å². The van der Waals surface area contributed by atoms with Crippen molar-refractivity contribution in [3.63, 3.8) is 0 Å². The van der Waals surface area contributed by atoms with Gasteiger partial charge in [-0.15, -0.1) is 0 Å². The summed E-state index contributed by atoms with van der Waals surface area (Å²) in [4.78, 5) is 17.2. The number of benzene rings is 2. The van der Waals surface area contributed by atoms with E-state index in [-0.39, 0.29) is 11.4 Å². The van der Waals surface area contributed by atoms with Gasteiger partial charge in [-0.05, 0) is 109 Å². The molecule has 2 heterocycles. The highest BCUT2D eigenvalue weighted by Gasteiger charge is 2.38. The van der Waals surface area contributed by atoms with Crippen LogP contribution in [0.2, 0.25) is 5.02 Å². The van der Waals surface area contributed by atoms with Crippen molar-refractivity contribution in [1.29, 1.82) is 5.41 Å². The average Bonchev–Trinajstić information content (AvgIpc) is 3.37. The molecule has 3 aliphatic rings. The molecule has 210 valence electrons. The predicted molar refractivity (Wildman–Crippen MR) is 169 cm³/mol. The fourth-order valence-electron chi connectivity index (χ4n) is 4.77. The molecule has 8 nitrogen and oxygen atoms in total. The van der Waals surface area contributed by atoms with Gasteiger partial charge in [0.25, 0.3) is 5.91 Å². The SMILES string of the molecule is CCOc1cc(C=C2C(=N)N3N=C(C4CCCCC4)SC3=NC2=O)cc(I)c1OCCOc1ccc(Cl)c(C)c1. The number of amides is 1. The minimum absolute atomic E-state index is 0.0381. The van der Waals surface area contributed by atoms with Crippen LogP contribution in [0.1, 0.15) is 50.2 Å². The molecule has 0 radical (unpaired) electrons. The minimum atomic E-state index is -0.438. The summed E-state index contributed by atoms with van der Waals surface area (Å²) in [5, 5.41) is 17.1. The van der Waals surface area contributed by atoms with Crippen LogP contribution in [0.3, 0.4) is 0 Å². The summed E-state index contributed by atoms with van der Waals surface area (Å²) in [5.41, 5.74) is 1.85. The van der Waals surface area contributed by atoms with Gasteiger partial charge >= 0.3 is 0 Å². The number of amidine groups is 2. The van der Waals surface area contributed by atoms with Gasteiger partial charge < -0.3 is 14.2 Å². The van der Waals surface area contributed by atoms with E-state index >= 15 is 0 Å². The normalized spacial score (nSPS) is 18.5. The molecule has 1 fully saturated rings. The molecule has 2 aromatic rings. The standard InChI is InChI=1S/C29H30ClIN4O4S/c1-3-37-24-16-18(15-23(31)25(24)39-12-11-38-20-9-10-22(30)17(2)13-20)14-21-26(32)35-29(33-27(21)36)40-28(34-35)19-7-5-4-6-8-19/h9-10,13-16,19,32H,3-8,11-12H2,1-2H3. The van der Waals surface area contributed by atoms with Crippen molar-refractivity contribution in [3.05, 3.63) is 55.6 Å². The number of nitrogens with one attached hydrogen (secondary N) is 1. The summed E-state index contributed by atoms with van der Waals surface area (Å²) in [5.74, 6) is 1.86. The van der Waals surface area contributed by atoms with E-state index in [2.05, 4.69) is 27.6 Å². The topological polar surface area (TPSA) is 96.6 Å². The van der Waals surface area contributed by atoms with Crippen molar-refractivity contribution in [2.24, 2.45) is 16.0 Å². The number of fused-ring (bicyclic) bond motifs is 1. The number of hydrogen-bond acceptors (Lipinski definition) is 7. The smallest absolute Gasteiger partial charge is 0.283 e. The van der Waals surface area contributed by atoms with Crippen molar-refractivity contribution in [3.8, 4) is 17.2 Å². The van der Waals surface area contributed by atoms with E-state index in [0.29, 0.717) is 53.0 Å². The molecule has 1 N–H and O–H groups in total. The van der Waals surface area contributed by atoms with E-state index in [4.69, 9.17) is 36.3 Å². The number of ether oxygens (including phenoxy) is 3. The number of halogens is 2. The molecule has 1 saturated carbocycles. The predicted octanol–water partition coefficient (Wildman–Crippen LogP) is 7.31. The van der Waals surface area contributed by atoms with Crippen molar-refractivity contribution in [2.45, 2.75) is 46.0 Å². The van der Waals surface area contributed by atoms with Crippen molar-refractivity contribution in [1.82, 2.24) is 5.01 Å². The van der Waals surface area contributed by atoms with Gasteiger partial charge in [0.2, 0.25) is 5.17 Å². The Hall–Kier alpha value is -2.57. The highest BCUT2D eigenvalue weighted by Crippen LogP contribution is 2.38. The Morgan fingerprint density at radius 1 is 1.15 bits per heavy atom. The Balaban J connectivity index is 1.30. The highest BCUT2D eigenvalue weighted by molar-refractivity contribution is 14.1. The summed E-state index contributed by atoms with van der Waals surface area (Å²) in [6.07, 6.45) is 7.49. The van der Waals surface area contributed by atoms with Crippen LogP contribution >= 0.6 is 46.0 Å². The number of hydrogen-bond donors (Lipinski definition) is 1. The maximum atomic E-state index is 13.0. The summed E-state index contributed by atoms with van der Waals surface area (Å²) < 4.78 is 18.5. The van der Waals surface area contributed by atoms with Crippen molar-refractivity contribution >= 4 is 74.0 Å². The highest BCUT2D eigenvalue weighted by atomic mass is 127. The molecule has 0 saturated heterocycles. The quantitative estimate of drug-likeness (QED) is 0.168. The number of rotatable bonds is 9. The molecule has 0 bridgehead atoms. The molecule has 1 aliphatic carbocycles. The molecule has 40 heavy (non-hydrogen) atoms. The second kappa shape index (κ2) is 12.9. The van der Waals surface area contributed by atoms with E-state index in [9.17, 15) is 4.79 Å². The Morgan fingerprint density at radius 2 is 1.93 bits per heavy atom. The molecule has 0 atom stereocenters. The lowest BCUT2D eigenvalue weighted by Gasteiger charge is -2.20. The van der Waals surface area contributed by atoms with E-state index in [1.807, 2.05) is 44.2 Å². The number of hydrazone groups is 1. The lowest BCUT2D eigenvalue weighted by molar-refractivity contribution is -0.114. The summed E-state index contributed by atoms with van der Waals surface area (Å²) >= 11 is 9.70. The first-order valence-electron chi connectivity index (χ1n) is 13.3. The zero-order valence-electron chi connectivity index (χ0n) is 22.3. The zero-order chi connectivity index (χ0) is 28.2. The van der Waals surface area contributed by atoms with Crippen LogP contribution < -0.4 is 14.2 Å². The van der Waals surface area contributed by atoms with Gasteiger partial charge in [0.1, 0.15) is 24.0 Å². The first kappa shape index (κ1) is 28.9. The molecule has 0 unspecified atom stereocenters. The second-order valence-corrected chi connectivity index (χ2v) is 12.2. The van der Waals surface area contributed by atoms with Gasteiger partial charge in [0.15, 0.2) is 17.3 Å². The molecule has 0 spiro atoms. The van der Waals surface area contributed by atoms with Crippen molar-refractivity contribution in [2.75, 3.05) is 19.8 Å². The van der Waals surface area contributed by atoms with E-state index in [0.717, 1.165) is 32.8 Å². The first-order valence-corrected chi connectivity index (χ1v) is 15.6. The van der Waals surface area contributed by atoms with Gasteiger partial charge in [0.05, 0.1) is 15.8 Å². The van der Waals surface area contributed by atoms with Crippen LogP contribution in [0, 0.1) is 21.8 Å². The Bertz CT molecular complexity index is 1420. The number of nitrogens with zero attached hydrogens (tertiary/aromatic N) is 3. The van der Waals surface area contributed by atoms with Crippen LogP contribution in [0.15, 0.2) is 46.0 Å². The fraction of sp³-hybridized carbons (Fsp3) is 0.379. The number of aryl methyl sites for hydroxylation is 1. The second-order valence-electron chi connectivity index (χ2n) is 9.66. The molecule has 5 rings (SSSR count). The number of aliphatic imine (C=N–C) groups is 1. The summed E-state index contributed by atoms with van der Waals surface area (Å²) in [6, 6.07) is 9.23. The van der Waals surface area contributed by atoms with Gasteiger partial charge in [-0.2, -0.15) is 15.1 Å². The lowest BCUT2D eigenvalue weighted by atomic mass is 9.90. The van der Waals surface area contributed by atoms with Crippen LogP contribution in [-0.4, -0.2) is 46.8 Å². The molecular weight excluding hydrogens is 663 g/mol. The number of carbonyl (C=O) groups is 1. The Kier molecular flexibility index (Phi) is 9.37. The molecule has 11 heteroatoms. The third-order valence-electron chi connectivity index (χ3n) is 6.80. The van der Waals surface area contributed by atoms with E-state index < -0.39 is 5.91 Å². The van der Waals surface area contributed by atoms with Crippen LogP contribution in [0.25, 0.3) is 6.08 Å². The zero-order valence-corrected chi connectivity index (χ0v) is 26.1. The fourth-order valence-corrected chi connectivity index (χ4v) is 6.73. The monoisotopic (exact) mass is 692 g/mol. The minimum Gasteiger partial charge on any atom is -0.490 e. The largest absolute Gasteiger partial charge is 0.490 e. The molecular formula is C29H30ClIN4O4S. The van der Waals surface area contributed by atoms with E-state index in [1.54, 1.807) is 6.08 Å². The van der Waals surface area contributed by atoms with E-state index in [1.165, 1.54) is 36.0 Å². The van der Waals surface area contributed by atoms with Gasteiger partial charge in [-0.25, -0.2) is 0 Å². The van der Waals surface area contributed by atoms with Crippen LogP contribution in [-0.2, 0) is 4.79 Å². The third-order valence-corrected chi connectivity index (χ3v) is 9.09. The molecule has 2 aliphatic heterocycles. The molecule has 0 aromatic heterocycles. The summed E-state index contributed by atoms with van der Waals surface area (Å²) in [6.45, 7) is 4.93. The summed E-state index contributed by atoms with van der Waals surface area (Å²) in [7, 11) is 0. The maximum Gasteiger partial charge on any atom is 0.283 e. The Labute approximate surface area is 256 Å². The Morgan fingerprint density at radius 3 is 2.67 bits per heavy atom. The molecule has 1 amide bonds. The average molecular weight is 693 g/mol. The lowest BCUT2D eigenvalue weighted by Crippen LogP contribution is -2.35. The van der Waals surface area contributed by atoms with Crippen molar-refractivity contribution < 1.29 is 19.0 Å². The third kappa shape index (κ3) is 6.49. The number of thioether (sulfide) groups is 1. The van der Waals surface area contributed by atoms with Gasteiger partial charge in [-0.1, -0.05) is 30.9 Å². The molecule has 2 aromatic carbocycles. The van der Waals surface area contributed by atoms with Crippen LogP contribution in [0.5, 0.6) is 17.2 Å². The number of carbonyl (C=O) groups excluding carboxylic acids is 1.